The molecule has 0 spiro atoms. The predicted molar refractivity (Wildman–Crippen MR) is 69.5 cm³/mol. The molecule has 1 saturated heterocycles. The van der Waals surface area contributed by atoms with Gasteiger partial charge >= 0.3 is 0 Å². The Balaban J connectivity index is 1.84. The number of hydrogen-bond acceptors (Lipinski definition) is 4. The van der Waals surface area contributed by atoms with Crippen LogP contribution in [0, 0.1) is 10.1 Å². The van der Waals surface area contributed by atoms with Gasteiger partial charge in [-0.05, 0) is 31.5 Å². The SMILES string of the molecule is O=[N+]([O-])c1ccc(SCC2CCCCN2)cc1. The molecule has 1 N–H and O–H groups in total. The first-order valence-electron chi connectivity index (χ1n) is 5.86. The highest BCUT2D eigenvalue weighted by Crippen LogP contribution is 2.23. The Bertz CT molecular complexity index is 375. The van der Waals surface area contributed by atoms with Gasteiger partial charge in [-0.2, -0.15) is 0 Å². The molecule has 5 heteroatoms. The lowest BCUT2D eigenvalue weighted by molar-refractivity contribution is -0.384. The minimum atomic E-state index is -0.364. The summed E-state index contributed by atoms with van der Waals surface area (Å²) < 4.78 is 0. The molecule has 0 aromatic heterocycles. The zero-order valence-corrected chi connectivity index (χ0v) is 10.4. The molecule has 0 aliphatic carbocycles. The molecule has 17 heavy (non-hydrogen) atoms. The van der Waals surface area contributed by atoms with Crippen LogP contribution < -0.4 is 5.32 Å². The quantitative estimate of drug-likeness (QED) is 0.508. The summed E-state index contributed by atoms with van der Waals surface area (Å²) in [7, 11) is 0. The molecule has 0 amide bonds. The van der Waals surface area contributed by atoms with Gasteiger partial charge in [-0.1, -0.05) is 6.42 Å². The van der Waals surface area contributed by atoms with Crippen molar-refractivity contribution in [2.45, 2.75) is 30.2 Å². The van der Waals surface area contributed by atoms with Crippen LogP contribution in [-0.4, -0.2) is 23.3 Å². The summed E-state index contributed by atoms with van der Waals surface area (Å²) in [5, 5.41) is 14.0. The van der Waals surface area contributed by atoms with Crippen molar-refractivity contribution >= 4 is 17.4 Å². The van der Waals surface area contributed by atoms with E-state index >= 15 is 0 Å². The fraction of sp³-hybridized carbons (Fsp3) is 0.500. The van der Waals surface area contributed by atoms with Crippen LogP contribution in [0.5, 0.6) is 0 Å². The van der Waals surface area contributed by atoms with Crippen LogP contribution in [0.3, 0.4) is 0 Å². The molecule has 4 nitrogen and oxygen atoms in total. The lowest BCUT2D eigenvalue weighted by atomic mass is 10.1. The number of nitrogens with zero attached hydrogens (tertiary/aromatic N) is 1. The summed E-state index contributed by atoms with van der Waals surface area (Å²) in [4.78, 5) is 11.2. The second-order valence-corrected chi connectivity index (χ2v) is 5.30. The van der Waals surface area contributed by atoms with Gasteiger partial charge in [-0.25, -0.2) is 0 Å². The minimum absolute atomic E-state index is 0.158. The third-order valence-corrected chi connectivity index (χ3v) is 4.09. The number of nitrogens with one attached hydrogen (secondary N) is 1. The molecular weight excluding hydrogens is 236 g/mol. The van der Waals surface area contributed by atoms with E-state index < -0.39 is 0 Å². The van der Waals surface area contributed by atoms with E-state index in [-0.39, 0.29) is 10.6 Å². The summed E-state index contributed by atoms with van der Waals surface area (Å²) in [6.45, 7) is 1.12. The Morgan fingerprint density at radius 1 is 1.35 bits per heavy atom. The van der Waals surface area contributed by atoms with Crippen molar-refractivity contribution in [2.24, 2.45) is 0 Å². The molecule has 1 aromatic rings. The molecule has 1 fully saturated rings. The Morgan fingerprint density at radius 3 is 2.71 bits per heavy atom. The molecule has 2 rings (SSSR count). The van der Waals surface area contributed by atoms with Crippen molar-refractivity contribution in [3.8, 4) is 0 Å². The number of thioether (sulfide) groups is 1. The Morgan fingerprint density at radius 2 is 2.12 bits per heavy atom. The zero-order chi connectivity index (χ0) is 12.1. The third-order valence-electron chi connectivity index (χ3n) is 2.91. The maximum atomic E-state index is 10.5. The van der Waals surface area contributed by atoms with Crippen molar-refractivity contribution in [1.29, 1.82) is 0 Å². The van der Waals surface area contributed by atoms with Gasteiger partial charge in [0.1, 0.15) is 0 Å². The fourth-order valence-electron chi connectivity index (χ4n) is 1.93. The number of rotatable bonds is 4. The van der Waals surface area contributed by atoms with Crippen LogP contribution in [0.2, 0.25) is 0 Å². The Hall–Kier alpha value is -1.07. The average molecular weight is 252 g/mol. The summed E-state index contributed by atoms with van der Waals surface area (Å²) in [5.74, 6) is 1.04. The molecule has 0 saturated carbocycles. The van der Waals surface area contributed by atoms with E-state index in [4.69, 9.17) is 0 Å². The van der Waals surface area contributed by atoms with Crippen LogP contribution in [0.1, 0.15) is 19.3 Å². The minimum Gasteiger partial charge on any atom is -0.313 e. The summed E-state index contributed by atoms with van der Waals surface area (Å²) in [6, 6.07) is 7.37. The lowest BCUT2D eigenvalue weighted by Crippen LogP contribution is -2.35. The Kier molecular flexibility index (Phi) is 4.39. The highest BCUT2D eigenvalue weighted by Gasteiger charge is 2.12. The third kappa shape index (κ3) is 3.71. The number of nitro groups is 1. The first-order chi connectivity index (χ1) is 8.25. The van der Waals surface area contributed by atoms with Crippen molar-refractivity contribution in [1.82, 2.24) is 5.32 Å². The van der Waals surface area contributed by atoms with Gasteiger partial charge in [0, 0.05) is 28.8 Å². The number of hydrogen-bond donors (Lipinski definition) is 1. The first kappa shape index (κ1) is 12.4. The van der Waals surface area contributed by atoms with Crippen molar-refractivity contribution in [2.75, 3.05) is 12.3 Å². The van der Waals surface area contributed by atoms with Gasteiger partial charge in [0.05, 0.1) is 4.92 Å². The molecular formula is C12H16N2O2S. The van der Waals surface area contributed by atoms with Gasteiger partial charge in [0.2, 0.25) is 0 Å². The molecule has 1 aromatic carbocycles. The molecule has 92 valence electrons. The van der Waals surface area contributed by atoms with E-state index in [0.29, 0.717) is 6.04 Å². The second kappa shape index (κ2) is 6.02. The van der Waals surface area contributed by atoms with Crippen LogP contribution in [0.4, 0.5) is 5.69 Å². The first-order valence-corrected chi connectivity index (χ1v) is 6.85. The van der Waals surface area contributed by atoms with E-state index in [2.05, 4.69) is 5.32 Å². The summed E-state index contributed by atoms with van der Waals surface area (Å²) in [6.07, 6.45) is 3.82. The maximum absolute atomic E-state index is 10.5. The molecule has 0 radical (unpaired) electrons. The Labute approximate surface area is 105 Å². The largest absolute Gasteiger partial charge is 0.313 e. The van der Waals surface area contributed by atoms with E-state index in [0.717, 1.165) is 17.2 Å². The van der Waals surface area contributed by atoms with Crippen LogP contribution in [0.25, 0.3) is 0 Å². The van der Waals surface area contributed by atoms with Crippen LogP contribution >= 0.6 is 11.8 Å². The van der Waals surface area contributed by atoms with Crippen molar-refractivity contribution in [3.63, 3.8) is 0 Å². The van der Waals surface area contributed by atoms with Gasteiger partial charge in [0.25, 0.3) is 5.69 Å². The van der Waals surface area contributed by atoms with Crippen molar-refractivity contribution < 1.29 is 4.92 Å². The van der Waals surface area contributed by atoms with Gasteiger partial charge < -0.3 is 5.32 Å². The van der Waals surface area contributed by atoms with Crippen molar-refractivity contribution in [3.05, 3.63) is 34.4 Å². The zero-order valence-electron chi connectivity index (χ0n) is 9.59. The normalized spacial score (nSPS) is 20.1. The average Bonchev–Trinajstić information content (AvgIpc) is 2.38. The van der Waals surface area contributed by atoms with E-state index in [9.17, 15) is 10.1 Å². The number of nitro benzene ring substituents is 1. The maximum Gasteiger partial charge on any atom is 0.269 e. The standard InChI is InChI=1S/C12H16N2O2S/c15-14(16)11-4-6-12(7-5-11)17-9-10-3-1-2-8-13-10/h4-7,10,13H,1-3,8-9H2. The van der Waals surface area contributed by atoms with E-state index in [1.807, 2.05) is 12.1 Å². The number of non-ortho nitro benzene ring substituents is 1. The lowest BCUT2D eigenvalue weighted by Gasteiger charge is -2.22. The summed E-state index contributed by atoms with van der Waals surface area (Å²) in [5.41, 5.74) is 0.158. The molecule has 1 aliphatic heterocycles. The summed E-state index contributed by atoms with van der Waals surface area (Å²) >= 11 is 1.76. The smallest absolute Gasteiger partial charge is 0.269 e. The molecule has 1 aliphatic rings. The van der Waals surface area contributed by atoms with E-state index in [1.165, 1.54) is 19.3 Å². The van der Waals surface area contributed by atoms with Gasteiger partial charge in [-0.15, -0.1) is 11.8 Å². The van der Waals surface area contributed by atoms with Crippen LogP contribution in [-0.2, 0) is 0 Å². The fourth-order valence-corrected chi connectivity index (χ4v) is 2.93. The van der Waals surface area contributed by atoms with Crippen LogP contribution in [0.15, 0.2) is 29.2 Å². The molecule has 1 unspecified atom stereocenters. The molecule has 1 heterocycles. The monoisotopic (exact) mass is 252 g/mol. The highest BCUT2D eigenvalue weighted by atomic mass is 32.2. The number of piperidine rings is 1. The molecule has 0 bridgehead atoms. The van der Waals surface area contributed by atoms with E-state index in [1.54, 1.807) is 23.9 Å². The van der Waals surface area contributed by atoms with Gasteiger partial charge in [-0.3, -0.25) is 10.1 Å². The van der Waals surface area contributed by atoms with Gasteiger partial charge in [0.15, 0.2) is 0 Å². The topological polar surface area (TPSA) is 55.2 Å². The molecule has 1 atom stereocenters. The second-order valence-electron chi connectivity index (χ2n) is 4.21. The highest BCUT2D eigenvalue weighted by molar-refractivity contribution is 7.99. The predicted octanol–water partition coefficient (Wildman–Crippen LogP) is 2.83. The number of benzene rings is 1.